The molecule has 36 heavy (non-hydrogen) atoms. The second-order valence-corrected chi connectivity index (χ2v) is 9.25. The Kier molecular flexibility index (Phi) is 11.9. The van der Waals surface area contributed by atoms with Crippen molar-refractivity contribution in [3.05, 3.63) is 54.6 Å². The number of likely N-dealkylation sites (tertiary alicyclic amines) is 1. The SMILES string of the molecule is CCCCCCCCCCNC(=O)OC1CCN(C(=O)Oc2ccc(Oc3ccccc3)cc2)CC1. The number of hydrogen-bond acceptors (Lipinski definition) is 5. The Morgan fingerprint density at radius 2 is 1.39 bits per heavy atom. The molecule has 0 spiro atoms. The van der Waals surface area contributed by atoms with E-state index in [1.165, 1.54) is 38.5 Å². The van der Waals surface area contributed by atoms with E-state index in [0.717, 1.165) is 18.6 Å². The average Bonchev–Trinajstić information content (AvgIpc) is 2.90. The van der Waals surface area contributed by atoms with E-state index in [1.807, 2.05) is 30.3 Å². The van der Waals surface area contributed by atoms with E-state index in [-0.39, 0.29) is 12.2 Å². The van der Waals surface area contributed by atoms with Gasteiger partial charge in [-0.3, -0.25) is 0 Å². The molecule has 1 aliphatic rings. The number of para-hydroxylation sites is 1. The second kappa shape index (κ2) is 15.7. The third-order valence-electron chi connectivity index (χ3n) is 6.28. The summed E-state index contributed by atoms with van der Waals surface area (Å²) in [6, 6.07) is 16.5. The van der Waals surface area contributed by atoms with Crippen LogP contribution in [0.3, 0.4) is 0 Å². The van der Waals surface area contributed by atoms with Crippen molar-refractivity contribution in [2.45, 2.75) is 77.2 Å². The molecule has 196 valence electrons. The largest absolute Gasteiger partial charge is 0.457 e. The zero-order chi connectivity index (χ0) is 25.4. The maximum atomic E-state index is 12.5. The summed E-state index contributed by atoms with van der Waals surface area (Å²) in [6.07, 6.45) is 10.1. The normalized spacial score (nSPS) is 13.8. The maximum absolute atomic E-state index is 12.5. The number of benzene rings is 2. The first-order valence-corrected chi connectivity index (χ1v) is 13.4. The minimum absolute atomic E-state index is 0.179. The number of nitrogens with one attached hydrogen (secondary N) is 1. The van der Waals surface area contributed by atoms with Gasteiger partial charge in [-0.15, -0.1) is 0 Å². The highest BCUT2D eigenvalue weighted by Gasteiger charge is 2.26. The van der Waals surface area contributed by atoms with Crippen LogP contribution in [0.5, 0.6) is 17.2 Å². The summed E-state index contributed by atoms with van der Waals surface area (Å²) < 4.78 is 16.8. The molecule has 0 aromatic heterocycles. The van der Waals surface area contributed by atoms with Crippen molar-refractivity contribution in [2.75, 3.05) is 19.6 Å². The smallest absolute Gasteiger partial charge is 0.415 e. The Hall–Kier alpha value is -3.22. The van der Waals surface area contributed by atoms with E-state index in [2.05, 4.69) is 12.2 Å². The Balaban J connectivity index is 1.26. The van der Waals surface area contributed by atoms with Crippen molar-refractivity contribution in [2.24, 2.45) is 0 Å². The molecule has 1 fully saturated rings. The first-order valence-electron chi connectivity index (χ1n) is 13.4. The van der Waals surface area contributed by atoms with Gasteiger partial charge in [-0.25, -0.2) is 9.59 Å². The summed E-state index contributed by atoms with van der Waals surface area (Å²) in [4.78, 5) is 26.2. The molecule has 2 aromatic rings. The summed E-state index contributed by atoms with van der Waals surface area (Å²) in [7, 11) is 0. The minimum atomic E-state index is -0.399. The third-order valence-corrected chi connectivity index (χ3v) is 6.28. The summed E-state index contributed by atoms with van der Waals surface area (Å²) in [5.74, 6) is 1.87. The highest BCUT2D eigenvalue weighted by Crippen LogP contribution is 2.24. The van der Waals surface area contributed by atoms with Crippen LogP contribution in [0.15, 0.2) is 54.6 Å². The van der Waals surface area contributed by atoms with Gasteiger partial charge in [0.1, 0.15) is 23.4 Å². The Morgan fingerprint density at radius 3 is 2.06 bits per heavy atom. The van der Waals surface area contributed by atoms with Crippen LogP contribution in [-0.2, 0) is 4.74 Å². The van der Waals surface area contributed by atoms with Crippen LogP contribution in [0.25, 0.3) is 0 Å². The van der Waals surface area contributed by atoms with Crippen LogP contribution in [-0.4, -0.2) is 42.8 Å². The molecule has 7 heteroatoms. The van der Waals surface area contributed by atoms with Crippen molar-refractivity contribution < 1.29 is 23.8 Å². The number of hydrogen-bond donors (Lipinski definition) is 1. The molecule has 1 N–H and O–H groups in total. The highest BCUT2D eigenvalue weighted by atomic mass is 16.6. The van der Waals surface area contributed by atoms with Gasteiger partial charge in [0.2, 0.25) is 0 Å². The molecule has 1 heterocycles. The summed E-state index contributed by atoms with van der Waals surface area (Å²) in [5, 5.41) is 2.85. The number of amides is 2. The predicted octanol–water partition coefficient (Wildman–Crippen LogP) is 7.31. The van der Waals surface area contributed by atoms with Crippen molar-refractivity contribution in [3.63, 3.8) is 0 Å². The van der Waals surface area contributed by atoms with Gasteiger partial charge in [-0.05, 0) is 42.8 Å². The van der Waals surface area contributed by atoms with Crippen molar-refractivity contribution in [1.29, 1.82) is 0 Å². The van der Waals surface area contributed by atoms with Gasteiger partial charge in [-0.1, -0.05) is 70.1 Å². The summed E-state index contributed by atoms with van der Waals surface area (Å²) in [5.41, 5.74) is 0. The molecule has 3 rings (SSSR count). The standard InChI is InChI=1S/C29H40N2O5/c1-2-3-4-5-6-7-8-12-21-30-28(32)35-27-19-22-31(23-20-27)29(33)36-26-17-15-25(16-18-26)34-24-13-10-9-11-14-24/h9-11,13-18,27H,2-8,12,19-23H2,1H3,(H,30,32). The molecule has 0 atom stereocenters. The number of alkyl carbamates (subject to hydrolysis) is 1. The van der Waals surface area contributed by atoms with Gasteiger partial charge in [0, 0.05) is 32.5 Å². The number of unbranched alkanes of at least 4 members (excludes halogenated alkanes) is 7. The fraction of sp³-hybridized carbons (Fsp3) is 0.517. The first-order chi connectivity index (χ1) is 17.6. The van der Waals surface area contributed by atoms with Gasteiger partial charge in [0.25, 0.3) is 0 Å². The van der Waals surface area contributed by atoms with Crippen LogP contribution in [0.1, 0.15) is 71.1 Å². The lowest BCUT2D eigenvalue weighted by atomic mass is 10.1. The van der Waals surface area contributed by atoms with E-state index in [1.54, 1.807) is 29.2 Å². The number of ether oxygens (including phenoxy) is 3. The summed E-state index contributed by atoms with van der Waals surface area (Å²) >= 11 is 0. The maximum Gasteiger partial charge on any atom is 0.415 e. The quantitative estimate of drug-likeness (QED) is 0.294. The van der Waals surface area contributed by atoms with Gasteiger partial charge in [0.15, 0.2) is 0 Å². The molecule has 0 aliphatic carbocycles. The molecule has 0 radical (unpaired) electrons. The van der Waals surface area contributed by atoms with E-state index in [4.69, 9.17) is 14.2 Å². The van der Waals surface area contributed by atoms with Crippen LogP contribution in [0, 0.1) is 0 Å². The molecule has 7 nitrogen and oxygen atoms in total. The fourth-order valence-electron chi connectivity index (χ4n) is 4.16. The number of carbonyl (C=O) groups is 2. The molecule has 0 bridgehead atoms. The van der Waals surface area contributed by atoms with Crippen LogP contribution in [0.4, 0.5) is 9.59 Å². The van der Waals surface area contributed by atoms with E-state index >= 15 is 0 Å². The Bertz CT molecular complexity index is 896. The number of carbonyl (C=O) groups excluding carboxylic acids is 2. The lowest BCUT2D eigenvalue weighted by molar-refractivity contribution is 0.0525. The van der Waals surface area contributed by atoms with Crippen LogP contribution >= 0.6 is 0 Å². The molecule has 2 aromatic carbocycles. The van der Waals surface area contributed by atoms with Gasteiger partial charge >= 0.3 is 12.2 Å². The molecular formula is C29H40N2O5. The molecule has 1 aliphatic heterocycles. The fourth-order valence-corrected chi connectivity index (χ4v) is 4.16. The van der Waals surface area contributed by atoms with E-state index in [9.17, 15) is 9.59 Å². The molecule has 0 saturated carbocycles. The molecular weight excluding hydrogens is 456 g/mol. The molecule has 2 amide bonds. The van der Waals surface area contributed by atoms with E-state index in [0.29, 0.717) is 44.0 Å². The van der Waals surface area contributed by atoms with Gasteiger partial charge in [-0.2, -0.15) is 0 Å². The third kappa shape index (κ3) is 10.2. The van der Waals surface area contributed by atoms with Gasteiger partial charge in [0.05, 0.1) is 0 Å². The highest BCUT2D eigenvalue weighted by molar-refractivity contribution is 5.71. The van der Waals surface area contributed by atoms with Gasteiger partial charge < -0.3 is 24.4 Å². The van der Waals surface area contributed by atoms with E-state index < -0.39 is 6.09 Å². The zero-order valence-electron chi connectivity index (χ0n) is 21.5. The second-order valence-electron chi connectivity index (χ2n) is 9.25. The topological polar surface area (TPSA) is 77.1 Å². The Labute approximate surface area is 215 Å². The van der Waals surface area contributed by atoms with Crippen molar-refractivity contribution >= 4 is 12.2 Å². The average molecular weight is 497 g/mol. The summed E-state index contributed by atoms with van der Waals surface area (Å²) in [6.45, 7) is 3.86. The lowest BCUT2D eigenvalue weighted by Gasteiger charge is -2.30. The van der Waals surface area contributed by atoms with Crippen LogP contribution < -0.4 is 14.8 Å². The minimum Gasteiger partial charge on any atom is -0.457 e. The van der Waals surface area contributed by atoms with Crippen molar-refractivity contribution in [1.82, 2.24) is 10.2 Å². The predicted molar refractivity (Wildman–Crippen MR) is 141 cm³/mol. The van der Waals surface area contributed by atoms with Crippen molar-refractivity contribution in [3.8, 4) is 17.2 Å². The van der Waals surface area contributed by atoms with Crippen LogP contribution in [0.2, 0.25) is 0 Å². The zero-order valence-corrected chi connectivity index (χ0v) is 21.5. The number of nitrogens with zero attached hydrogens (tertiary/aromatic N) is 1. The monoisotopic (exact) mass is 496 g/mol. The number of piperidine rings is 1. The first kappa shape index (κ1) is 27.4. The molecule has 0 unspecified atom stereocenters. The molecule has 1 saturated heterocycles. The lowest BCUT2D eigenvalue weighted by Crippen LogP contribution is -2.43. The Morgan fingerprint density at radius 1 is 0.806 bits per heavy atom. The number of rotatable bonds is 13.